The van der Waals surface area contributed by atoms with Crippen molar-refractivity contribution in [2.75, 3.05) is 12.0 Å². The Morgan fingerprint density at radius 2 is 1.89 bits per heavy atom. The standard InChI is InChI=1S/C11H16N2O4S2/c1-8(7-18(2)15)13-11(14)9-3-5-10(6-4-9)19(12,16)17/h3-6,8H,7H2,1-2H3,(H,13,14)(H2,12,16,17). The topological polar surface area (TPSA) is 106 Å². The van der Waals surface area contributed by atoms with Gasteiger partial charge in [-0.25, -0.2) is 13.6 Å². The first-order chi connectivity index (χ1) is 8.70. The molecule has 1 rings (SSSR count). The van der Waals surface area contributed by atoms with E-state index >= 15 is 0 Å². The van der Waals surface area contributed by atoms with E-state index in [9.17, 15) is 17.4 Å². The molecular weight excluding hydrogens is 288 g/mol. The first kappa shape index (κ1) is 15.8. The van der Waals surface area contributed by atoms with Gasteiger partial charge in [0.15, 0.2) is 0 Å². The fraction of sp³-hybridized carbons (Fsp3) is 0.364. The fourth-order valence-electron chi connectivity index (χ4n) is 1.50. The van der Waals surface area contributed by atoms with Crippen molar-refractivity contribution in [3.05, 3.63) is 29.8 Å². The van der Waals surface area contributed by atoms with E-state index in [2.05, 4.69) is 5.32 Å². The Bertz CT molecular complexity index is 581. The summed E-state index contributed by atoms with van der Waals surface area (Å²) in [6.45, 7) is 1.75. The molecule has 1 aromatic carbocycles. The molecule has 106 valence electrons. The van der Waals surface area contributed by atoms with Crippen LogP contribution in [-0.2, 0) is 20.8 Å². The van der Waals surface area contributed by atoms with Crippen molar-refractivity contribution < 1.29 is 17.4 Å². The lowest BCUT2D eigenvalue weighted by Crippen LogP contribution is -2.36. The SMILES string of the molecule is CC(CS(C)=O)NC(=O)c1ccc(S(N)(=O)=O)cc1. The van der Waals surface area contributed by atoms with Gasteiger partial charge in [0, 0.05) is 34.4 Å². The molecule has 1 aromatic rings. The number of nitrogens with one attached hydrogen (secondary N) is 1. The number of nitrogens with two attached hydrogens (primary N) is 1. The lowest BCUT2D eigenvalue weighted by molar-refractivity contribution is 0.0943. The molecule has 0 spiro atoms. The molecule has 6 nitrogen and oxygen atoms in total. The van der Waals surface area contributed by atoms with Crippen LogP contribution in [0.1, 0.15) is 17.3 Å². The monoisotopic (exact) mass is 304 g/mol. The summed E-state index contributed by atoms with van der Waals surface area (Å²) in [6, 6.07) is 5.08. The van der Waals surface area contributed by atoms with E-state index in [1.165, 1.54) is 24.3 Å². The van der Waals surface area contributed by atoms with Crippen LogP contribution < -0.4 is 10.5 Å². The zero-order chi connectivity index (χ0) is 14.6. The molecule has 0 fully saturated rings. The lowest BCUT2D eigenvalue weighted by atomic mass is 10.2. The number of amides is 1. The Morgan fingerprint density at radius 1 is 1.37 bits per heavy atom. The highest BCUT2D eigenvalue weighted by Crippen LogP contribution is 2.08. The van der Waals surface area contributed by atoms with Crippen molar-refractivity contribution in [1.29, 1.82) is 0 Å². The third kappa shape index (κ3) is 5.09. The molecule has 0 heterocycles. The van der Waals surface area contributed by atoms with Crippen molar-refractivity contribution in [3.63, 3.8) is 0 Å². The molecule has 8 heteroatoms. The van der Waals surface area contributed by atoms with Gasteiger partial charge in [-0.2, -0.15) is 0 Å². The Morgan fingerprint density at radius 3 is 2.32 bits per heavy atom. The Hall–Kier alpha value is -1.25. The van der Waals surface area contributed by atoms with Crippen LogP contribution in [0.25, 0.3) is 0 Å². The second-order valence-electron chi connectivity index (χ2n) is 4.18. The summed E-state index contributed by atoms with van der Waals surface area (Å²) in [5.41, 5.74) is 0.320. The van der Waals surface area contributed by atoms with Gasteiger partial charge < -0.3 is 5.32 Å². The third-order valence-corrected chi connectivity index (χ3v) is 4.21. The molecule has 0 bridgehead atoms. The summed E-state index contributed by atoms with van der Waals surface area (Å²) in [5.74, 6) is 0.0139. The number of carbonyl (C=O) groups excluding carboxylic acids is 1. The van der Waals surface area contributed by atoms with Crippen molar-refractivity contribution in [2.45, 2.75) is 17.9 Å². The maximum Gasteiger partial charge on any atom is 0.251 e. The van der Waals surface area contributed by atoms with Crippen molar-refractivity contribution in [1.82, 2.24) is 5.32 Å². The van der Waals surface area contributed by atoms with Gasteiger partial charge in [-0.05, 0) is 31.2 Å². The number of benzene rings is 1. The molecule has 3 N–H and O–H groups in total. The molecule has 0 aliphatic carbocycles. The quantitative estimate of drug-likeness (QED) is 0.787. The first-order valence-corrected chi connectivity index (χ1v) is 8.71. The Labute approximate surface area is 114 Å². The molecule has 0 aliphatic rings. The zero-order valence-electron chi connectivity index (χ0n) is 10.6. The number of primary sulfonamides is 1. The largest absolute Gasteiger partial charge is 0.349 e. The van der Waals surface area contributed by atoms with E-state index in [0.29, 0.717) is 11.3 Å². The molecule has 0 radical (unpaired) electrons. The summed E-state index contributed by atoms with van der Waals surface area (Å²) in [5, 5.41) is 7.63. The van der Waals surface area contributed by atoms with Crippen LogP contribution in [0.15, 0.2) is 29.2 Å². The minimum absolute atomic E-state index is 0.0493. The molecule has 0 saturated carbocycles. The van der Waals surface area contributed by atoms with Gasteiger partial charge in [0.2, 0.25) is 10.0 Å². The van der Waals surface area contributed by atoms with Gasteiger partial charge in [0.05, 0.1) is 4.90 Å². The predicted octanol–water partition coefficient (Wildman–Crippen LogP) is -0.169. The molecule has 0 saturated heterocycles. The van der Waals surface area contributed by atoms with E-state index in [4.69, 9.17) is 5.14 Å². The zero-order valence-corrected chi connectivity index (χ0v) is 12.3. The minimum atomic E-state index is -3.76. The van der Waals surface area contributed by atoms with Crippen molar-refractivity contribution in [2.24, 2.45) is 5.14 Å². The van der Waals surface area contributed by atoms with Crippen LogP contribution in [0.5, 0.6) is 0 Å². The average Bonchev–Trinajstić information content (AvgIpc) is 2.26. The number of carbonyl (C=O) groups is 1. The smallest absolute Gasteiger partial charge is 0.251 e. The average molecular weight is 304 g/mol. The van der Waals surface area contributed by atoms with E-state index in [1.54, 1.807) is 13.2 Å². The van der Waals surface area contributed by atoms with Gasteiger partial charge in [-0.15, -0.1) is 0 Å². The summed E-state index contributed by atoms with van der Waals surface area (Å²) < 4.78 is 33.1. The van der Waals surface area contributed by atoms with Crippen molar-refractivity contribution >= 4 is 26.7 Å². The number of rotatable bonds is 5. The molecule has 19 heavy (non-hydrogen) atoms. The van der Waals surface area contributed by atoms with Crippen LogP contribution >= 0.6 is 0 Å². The van der Waals surface area contributed by atoms with Gasteiger partial charge in [-0.1, -0.05) is 0 Å². The maximum absolute atomic E-state index is 11.8. The van der Waals surface area contributed by atoms with E-state index < -0.39 is 20.8 Å². The highest BCUT2D eigenvalue weighted by molar-refractivity contribution is 7.89. The molecule has 0 aromatic heterocycles. The predicted molar refractivity (Wildman–Crippen MR) is 73.7 cm³/mol. The molecular formula is C11H16N2O4S2. The summed E-state index contributed by atoms with van der Waals surface area (Å²) in [4.78, 5) is 11.8. The Kier molecular flexibility index (Phi) is 5.21. The molecule has 0 aliphatic heterocycles. The van der Waals surface area contributed by atoms with Crippen LogP contribution in [0, 0.1) is 0 Å². The molecule has 2 unspecified atom stereocenters. The van der Waals surface area contributed by atoms with Crippen molar-refractivity contribution in [3.8, 4) is 0 Å². The van der Waals surface area contributed by atoms with Gasteiger partial charge in [-0.3, -0.25) is 9.00 Å². The van der Waals surface area contributed by atoms with Gasteiger partial charge in [0.1, 0.15) is 0 Å². The highest BCUT2D eigenvalue weighted by atomic mass is 32.2. The maximum atomic E-state index is 11.8. The van der Waals surface area contributed by atoms with Gasteiger partial charge >= 0.3 is 0 Å². The van der Waals surface area contributed by atoms with Gasteiger partial charge in [0.25, 0.3) is 5.91 Å². The number of sulfonamides is 1. The van der Waals surface area contributed by atoms with Crippen LogP contribution in [0.4, 0.5) is 0 Å². The number of hydrogen-bond acceptors (Lipinski definition) is 4. The summed E-state index contributed by atoms with van der Waals surface area (Å²) in [7, 11) is -4.75. The first-order valence-electron chi connectivity index (χ1n) is 5.44. The van der Waals surface area contributed by atoms with E-state index in [1.807, 2.05) is 0 Å². The Balaban J connectivity index is 2.76. The third-order valence-electron chi connectivity index (χ3n) is 2.31. The minimum Gasteiger partial charge on any atom is -0.349 e. The van der Waals surface area contributed by atoms with Crippen LogP contribution in [-0.4, -0.2) is 36.6 Å². The molecule has 1 amide bonds. The second kappa shape index (κ2) is 6.27. The second-order valence-corrected chi connectivity index (χ2v) is 7.22. The number of hydrogen-bond donors (Lipinski definition) is 2. The fourth-order valence-corrected chi connectivity index (χ4v) is 2.80. The molecule has 2 atom stereocenters. The van der Waals surface area contributed by atoms with Crippen LogP contribution in [0.3, 0.4) is 0 Å². The normalized spacial score (nSPS) is 14.7. The van der Waals surface area contributed by atoms with E-state index in [0.717, 1.165) is 0 Å². The van der Waals surface area contributed by atoms with E-state index in [-0.39, 0.29) is 16.8 Å². The van der Waals surface area contributed by atoms with Crippen LogP contribution in [0.2, 0.25) is 0 Å². The summed E-state index contributed by atoms with van der Waals surface area (Å²) in [6.07, 6.45) is 1.56. The lowest BCUT2D eigenvalue weighted by Gasteiger charge is -2.12. The highest BCUT2D eigenvalue weighted by Gasteiger charge is 2.12. The summed E-state index contributed by atoms with van der Waals surface area (Å²) >= 11 is 0.